The van der Waals surface area contributed by atoms with Gasteiger partial charge in [0.1, 0.15) is 11.4 Å². The van der Waals surface area contributed by atoms with Gasteiger partial charge in [0.05, 0.1) is 25.6 Å². The monoisotopic (exact) mass is 409 g/mol. The van der Waals surface area contributed by atoms with Crippen molar-refractivity contribution in [3.05, 3.63) is 66.4 Å². The quantitative estimate of drug-likeness (QED) is 0.258. The summed E-state index contributed by atoms with van der Waals surface area (Å²) in [6.07, 6.45) is 3.61. The van der Waals surface area contributed by atoms with Crippen LogP contribution in [0.5, 0.6) is 5.75 Å². The summed E-state index contributed by atoms with van der Waals surface area (Å²) >= 11 is 5.20. The molecule has 0 unspecified atom stereocenters. The summed E-state index contributed by atoms with van der Waals surface area (Å²) in [6.45, 7) is 1.17. The van der Waals surface area contributed by atoms with Crippen LogP contribution in [0.25, 0.3) is 16.9 Å². The first-order chi connectivity index (χ1) is 14.2. The molecule has 0 radical (unpaired) electrons. The molecule has 0 aliphatic heterocycles. The maximum Gasteiger partial charge on any atom is 0.187 e. The van der Waals surface area contributed by atoms with Gasteiger partial charge in [0.15, 0.2) is 5.11 Å². The maximum atomic E-state index is 5.52. The van der Waals surface area contributed by atoms with Crippen LogP contribution in [0, 0.1) is 0 Å². The lowest BCUT2D eigenvalue weighted by Gasteiger charge is -2.07. The number of hydrogen-bond acceptors (Lipinski definition) is 5. The molecule has 0 saturated heterocycles. The van der Waals surface area contributed by atoms with Crippen molar-refractivity contribution in [3.8, 4) is 22.7 Å². The van der Waals surface area contributed by atoms with Crippen LogP contribution in [0.1, 0.15) is 5.56 Å². The van der Waals surface area contributed by atoms with E-state index in [0.29, 0.717) is 18.3 Å². The Labute approximate surface area is 175 Å². The Balaban J connectivity index is 1.89. The van der Waals surface area contributed by atoms with Crippen molar-refractivity contribution in [2.75, 3.05) is 27.4 Å². The predicted molar refractivity (Wildman–Crippen MR) is 119 cm³/mol. The molecule has 1 aromatic heterocycles. The summed E-state index contributed by atoms with van der Waals surface area (Å²) < 4.78 is 12.3. The minimum Gasteiger partial charge on any atom is -0.496 e. The van der Waals surface area contributed by atoms with Gasteiger partial charge in [-0.05, 0) is 36.5 Å². The number of methoxy groups -OCH3 is 2. The van der Waals surface area contributed by atoms with E-state index >= 15 is 0 Å². The van der Waals surface area contributed by atoms with E-state index in [-0.39, 0.29) is 0 Å². The lowest BCUT2D eigenvalue weighted by atomic mass is 10.1. The van der Waals surface area contributed by atoms with E-state index in [0.717, 1.165) is 28.3 Å². The van der Waals surface area contributed by atoms with Gasteiger partial charge in [-0.15, -0.1) is 0 Å². The normalized spacial score (nSPS) is 10.8. The molecule has 150 valence electrons. The van der Waals surface area contributed by atoms with E-state index in [1.165, 1.54) is 0 Å². The second-order valence-corrected chi connectivity index (χ2v) is 6.44. The summed E-state index contributed by atoms with van der Waals surface area (Å²) in [6, 6.07) is 17.7. The third-order valence-electron chi connectivity index (χ3n) is 4.09. The smallest absolute Gasteiger partial charge is 0.187 e. The fraction of sp³-hybridized carbons (Fsp3) is 0.190. The molecule has 29 heavy (non-hydrogen) atoms. The molecule has 0 fully saturated rings. The van der Waals surface area contributed by atoms with Crippen LogP contribution in [0.2, 0.25) is 0 Å². The van der Waals surface area contributed by atoms with Crippen molar-refractivity contribution in [2.24, 2.45) is 5.10 Å². The van der Waals surface area contributed by atoms with Gasteiger partial charge in [0.25, 0.3) is 0 Å². The molecular formula is C21H23N5O2S. The van der Waals surface area contributed by atoms with Crippen LogP contribution in [0.3, 0.4) is 0 Å². The Morgan fingerprint density at radius 2 is 1.90 bits per heavy atom. The molecule has 2 aromatic carbocycles. The number of ether oxygens (including phenoxy) is 2. The number of thiocarbonyl (C=S) groups is 1. The lowest BCUT2D eigenvalue weighted by molar-refractivity contribution is 0.204. The van der Waals surface area contributed by atoms with Crippen LogP contribution in [-0.4, -0.2) is 48.5 Å². The zero-order chi connectivity index (χ0) is 20.5. The number of hydrazone groups is 1. The first kappa shape index (κ1) is 20.5. The molecule has 3 aromatic rings. The van der Waals surface area contributed by atoms with Gasteiger partial charge in [-0.1, -0.05) is 30.3 Å². The highest BCUT2D eigenvalue weighted by Crippen LogP contribution is 2.31. The first-order valence-corrected chi connectivity index (χ1v) is 9.48. The van der Waals surface area contributed by atoms with Crippen molar-refractivity contribution in [1.82, 2.24) is 20.5 Å². The van der Waals surface area contributed by atoms with Crippen LogP contribution >= 0.6 is 12.2 Å². The van der Waals surface area contributed by atoms with Crippen LogP contribution in [-0.2, 0) is 4.74 Å². The van der Waals surface area contributed by atoms with Gasteiger partial charge in [0.2, 0.25) is 0 Å². The Bertz CT molecular complexity index is 972. The highest BCUT2D eigenvalue weighted by molar-refractivity contribution is 7.80. The van der Waals surface area contributed by atoms with Gasteiger partial charge in [-0.3, -0.25) is 5.43 Å². The summed E-state index contributed by atoms with van der Waals surface area (Å²) in [5.74, 6) is 0.741. The molecule has 2 N–H and O–H groups in total. The number of nitrogens with one attached hydrogen (secondary N) is 2. The number of rotatable bonds is 8. The van der Waals surface area contributed by atoms with Gasteiger partial charge in [-0.25, -0.2) is 4.68 Å². The molecule has 0 spiro atoms. The van der Waals surface area contributed by atoms with Gasteiger partial charge in [0, 0.05) is 31.0 Å². The molecule has 7 nitrogen and oxygen atoms in total. The van der Waals surface area contributed by atoms with Crippen LogP contribution < -0.4 is 15.5 Å². The molecule has 0 aliphatic rings. The van der Waals surface area contributed by atoms with Crippen molar-refractivity contribution in [1.29, 1.82) is 0 Å². The van der Waals surface area contributed by atoms with E-state index < -0.39 is 0 Å². The van der Waals surface area contributed by atoms with Crippen LogP contribution in [0.15, 0.2) is 65.9 Å². The van der Waals surface area contributed by atoms with Gasteiger partial charge < -0.3 is 14.8 Å². The van der Waals surface area contributed by atoms with E-state index in [2.05, 4.69) is 15.8 Å². The molecule has 3 rings (SSSR count). The molecule has 0 saturated carbocycles. The van der Waals surface area contributed by atoms with Crippen LogP contribution in [0.4, 0.5) is 0 Å². The maximum absolute atomic E-state index is 5.52. The highest BCUT2D eigenvalue weighted by atomic mass is 32.1. The largest absolute Gasteiger partial charge is 0.496 e. The highest BCUT2D eigenvalue weighted by Gasteiger charge is 2.14. The fourth-order valence-electron chi connectivity index (χ4n) is 2.71. The molecule has 8 heteroatoms. The number of benzene rings is 2. The summed E-state index contributed by atoms with van der Waals surface area (Å²) in [4.78, 5) is 0. The Hall–Kier alpha value is -3.23. The Morgan fingerprint density at radius 3 is 2.66 bits per heavy atom. The Morgan fingerprint density at radius 1 is 1.14 bits per heavy atom. The average Bonchev–Trinajstić information content (AvgIpc) is 3.18. The van der Waals surface area contributed by atoms with E-state index in [1.54, 1.807) is 20.4 Å². The summed E-state index contributed by atoms with van der Waals surface area (Å²) in [5, 5.41) is 12.5. The Kier molecular flexibility index (Phi) is 7.32. The minimum absolute atomic E-state index is 0.424. The molecule has 0 atom stereocenters. The molecule has 1 heterocycles. The van der Waals surface area contributed by atoms with E-state index in [9.17, 15) is 0 Å². The second-order valence-electron chi connectivity index (χ2n) is 6.03. The first-order valence-electron chi connectivity index (χ1n) is 9.07. The number of nitrogens with zero attached hydrogens (tertiary/aromatic N) is 3. The summed E-state index contributed by atoms with van der Waals surface area (Å²) in [7, 11) is 3.28. The molecule has 0 amide bonds. The van der Waals surface area contributed by atoms with Crippen molar-refractivity contribution < 1.29 is 9.47 Å². The standard InChI is InChI=1S/C21H23N5O2S/c1-27-13-12-22-21(29)24-23-14-16-15-26(17-8-4-3-5-9-17)25-20(16)18-10-6-7-11-19(18)28-2/h3-11,14-15H,12-13H2,1-2H3,(H2,22,24,29)/b23-14-. The van der Waals surface area contributed by atoms with E-state index in [4.69, 9.17) is 26.8 Å². The lowest BCUT2D eigenvalue weighted by Crippen LogP contribution is -2.34. The average molecular weight is 410 g/mol. The van der Waals surface area contributed by atoms with Gasteiger partial charge in [-0.2, -0.15) is 10.2 Å². The van der Waals surface area contributed by atoms with Crippen molar-refractivity contribution >= 4 is 23.5 Å². The minimum atomic E-state index is 0.424. The topological polar surface area (TPSA) is 72.7 Å². The van der Waals surface area contributed by atoms with Gasteiger partial charge >= 0.3 is 0 Å². The molecular weight excluding hydrogens is 386 g/mol. The fourth-order valence-corrected chi connectivity index (χ4v) is 2.87. The predicted octanol–water partition coefficient (Wildman–Crippen LogP) is 2.99. The third kappa shape index (κ3) is 5.40. The number of hydrogen-bond donors (Lipinski definition) is 2. The second kappa shape index (κ2) is 10.4. The summed E-state index contributed by atoms with van der Waals surface area (Å²) in [5.41, 5.74) is 6.23. The zero-order valence-electron chi connectivity index (χ0n) is 16.3. The molecule has 0 bridgehead atoms. The third-order valence-corrected chi connectivity index (χ3v) is 4.32. The van der Waals surface area contributed by atoms with Crippen molar-refractivity contribution in [3.63, 3.8) is 0 Å². The molecule has 0 aliphatic carbocycles. The van der Waals surface area contributed by atoms with E-state index in [1.807, 2.05) is 65.5 Å². The number of para-hydroxylation sites is 2. The zero-order valence-corrected chi connectivity index (χ0v) is 17.1. The van der Waals surface area contributed by atoms with Crippen molar-refractivity contribution in [2.45, 2.75) is 0 Å². The SMILES string of the molecule is COCCNC(=S)N/N=C\c1cn(-c2ccccc2)nc1-c1ccccc1OC. The number of aromatic nitrogens is 2.